The van der Waals surface area contributed by atoms with E-state index in [1.54, 1.807) is 24.3 Å². The molecule has 0 spiro atoms. The molecule has 2 aromatic carbocycles. The average molecular weight is 362 g/mol. The largest absolute Gasteiger partial charge is 0.374 e. The molecule has 2 aromatic rings. The highest BCUT2D eigenvalue weighted by Gasteiger charge is 2.14. The number of hydrogen-bond acceptors (Lipinski definition) is 4. The zero-order valence-electron chi connectivity index (χ0n) is 15.7. The third kappa shape index (κ3) is 5.24. The van der Waals surface area contributed by atoms with Gasteiger partial charge in [0, 0.05) is 30.2 Å². The van der Waals surface area contributed by atoms with Gasteiger partial charge in [-0.1, -0.05) is 12.8 Å². The number of nitrogens with one attached hydrogen (secondary N) is 2. The van der Waals surface area contributed by atoms with Gasteiger partial charge in [0.2, 0.25) is 5.91 Å². The minimum atomic E-state index is -0.371. The van der Waals surface area contributed by atoms with E-state index in [-0.39, 0.29) is 11.9 Å². The molecule has 1 amide bonds. The molecule has 5 nitrogen and oxygen atoms in total. The molecule has 1 atom stereocenters. The third-order valence-corrected chi connectivity index (χ3v) is 4.90. The molecule has 1 fully saturated rings. The van der Waals surface area contributed by atoms with Crippen molar-refractivity contribution in [2.75, 3.05) is 28.6 Å². The first kappa shape index (κ1) is 18.8. The van der Waals surface area contributed by atoms with Crippen molar-refractivity contribution >= 4 is 23.0 Å². The normalized spacial score (nSPS) is 15.3. The van der Waals surface area contributed by atoms with Crippen LogP contribution in [0.4, 0.5) is 17.1 Å². The van der Waals surface area contributed by atoms with Gasteiger partial charge in [-0.3, -0.25) is 4.79 Å². The van der Waals surface area contributed by atoms with E-state index in [1.807, 2.05) is 19.1 Å². The molecule has 0 aromatic heterocycles. The fraction of sp³-hybridized carbons (Fsp3) is 0.364. The topological polar surface area (TPSA) is 68.2 Å². The zero-order valence-corrected chi connectivity index (χ0v) is 15.7. The maximum atomic E-state index is 12.4. The SMILES string of the molecule is C[C@@H](Nc1ccc(N2CCCCCC2)cc1)C(=O)Nc1ccc(C#N)cc1. The van der Waals surface area contributed by atoms with Gasteiger partial charge < -0.3 is 15.5 Å². The van der Waals surface area contributed by atoms with E-state index in [4.69, 9.17) is 5.26 Å². The predicted octanol–water partition coefficient (Wildman–Crippen LogP) is 4.38. The summed E-state index contributed by atoms with van der Waals surface area (Å²) in [6.45, 7) is 4.08. The van der Waals surface area contributed by atoms with Gasteiger partial charge in [0.05, 0.1) is 11.6 Å². The standard InChI is InChI=1S/C22H26N4O/c1-17(22(27)25-20-8-6-18(16-23)7-9-20)24-19-10-12-21(13-11-19)26-14-4-2-3-5-15-26/h6-13,17,24H,2-5,14-15H2,1H3,(H,25,27)/t17-/m1/s1. The summed E-state index contributed by atoms with van der Waals surface area (Å²) in [4.78, 5) is 14.8. The zero-order chi connectivity index (χ0) is 19.1. The second-order valence-electron chi connectivity index (χ2n) is 6.99. The molecule has 5 heteroatoms. The first-order valence-corrected chi connectivity index (χ1v) is 9.58. The number of carbonyl (C=O) groups excluding carboxylic acids is 1. The lowest BCUT2D eigenvalue weighted by Gasteiger charge is -2.23. The Labute approximate surface area is 161 Å². The summed E-state index contributed by atoms with van der Waals surface area (Å²) in [5.41, 5.74) is 3.43. The van der Waals surface area contributed by atoms with Crippen molar-refractivity contribution in [3.63, 3.8) is 0 Å². The van der Waals surface area contributed by atoms with E-state index in [2.05, 4.69) is 33.7 Å². The van der Waals surface area contributed by atoms with Crippen LogP contribution in [0.15, 0.2) is 48.5 Å². The summed E-state index contributed by atoms with van der Waals surface area (Å²) < 4.78 is 0. The highest BCUT2D eigenvalue weighted by molar-refractivity contribution is 5.96. The Bertz CT molecular complexity index is 785. The Morgan fingerprint density at radius 1 is 0.963 bits per heavy atom. The van der Waals surface area contributed by atoms with E-state index in [0.29, 0.717) is 11.3 Å². The minimum absolute atomic E-state index is 0.115. The van der Waals surface area contributed by atoms with E-state index in [1.165, 1.54) is 31.4 Å². The Hall–Kier alpha value is -3.00. The Kier molecular flexibility index (Phi) is 6.32. The summed E-state index contributed by atoms with van der Waals surface area (Å²) in [6, 6.07) is 16.9. The molecule has 2 N–H and O–H groups in total. The van der Waals surface area contributed by atoms with Crippen LogP contribution in [-0.4, -0.2) is 25.0 Å². The second-order valence-corrected chi connectivity index (χ2v) is 6.99. The number of hydrogen-bond donors (Lipinski definition) is 2. The minimum Gasteiger partial charge on any atom is -0.374 e. The van der Waals surface area contributed by atoms with Crippen LogP contribution in [0.5, 0.6) is 0 Å². The van der Waals surface area contributed by atoms with Gasteiger partial charge in [-0.2, -0.15) is 5.26 Å². The van der Waals surface area contributed by atoms with Crippen molar-refractivity contribution in [3.8, 4) is 6.07 Å². The third-order valence-electron chi connectivity index (χ3n) is 4.90. The van der Waals surface area contributed by atoms with E-state index in [0.717, 1.165) is 18.8 Å². The number of rotatable bonds is 5. The lowest BCUT2D eigenvalue weighted by atomic mass is 10.2. The van der Waals surface area contributed by atoms with Crippen molar-refractivity contribution in [3.05, 3.63) is 54.1 Å². The van der Waals surface area contributed by atoms with Crippen LogP contribution in [0.1, 0.15) is 38.2 Å². The molecule has 1 heterocycles. The summed E-state index contributed by atoms with van der Waals surface area (Å²) >= 11 is 0. The van der Waals surface area contributed by atoms with Crippen LogP contribution >= 0.6 is 0 Å². The molecular formula is C22H26N4O. The van der Waals surface area contributed by atoms with Gasteiger partial charge in [-0.15, -0.1) is 0 Å². The highest BCUT2D eigenvalue weighted by atomic mass is 16.2. The second kappa shape index (κ2) is 9.09. The summed E-state index contributed by atoms with van der Waals surface area (Å²) in [7, 11) is 0. The number of benzene rings is 2. The van der Waals surface area contributed by atoms with E-state index < -0.39 is 0 Å². The number of nitrogens with zero attached hydrogens (tertiary/aromatic N) is 2. The number of carbonyl (C=O) groups is 1. The Morgan fingerprint density at radius 2 is 1.56 bits per heavy atom. The van der Waals surface area contributed by atoms with Crippen molar-refractivity contribution < 1.29 is 4.79 Å². The summed E-state index contributed by atoms with van der Waals surface area (Å²) in [5, 5.41) is 14.9. The molecule has 0 saturated carbocycles. The van der Waals surface area contributed by atoms with Gasteiger partial charge >= 0.3 is 0 Å². The van der Waals surface area contributed by atoms with Crippen LogP contribution < -0.4 is 15.5 Å². The molecule has 0 bridgehead atoms. The molecule has 0 radical (unpaired) electrons. The Morgan fingerprint density at radius 3 is 2.15 bits per heavy atom. The fourth-order valence-corrected chi connectivity index (χ4v) is 3.29. The van der Waals surface area contributed by atoms with Gasteiger partial charge in [0.1, 0.15) is 6.04 Å². The van der Waals surface area contributed by atoms with Crippen molar-refractivity contribution in [2.24, 2.45) is 0 Å². The maximum Gasteiger partial charge on any atom is 0.246 e. The highest BCUT2D eigenvalue weighted by Crippen LogP contribution is 2.22. The van der Waals surface area contributed by atoms with Gasteiger partial charge in [-0.05, 0) is 68.3 Å². The van der Waals surface area contributed by atoms with Crippen molar-refractivity contribution in [1.82, 2.24) is 0 Å². The molecule has 27 heavy (non-hydrogen) atoms. The monoisotopic (exact) mass is 362 g/mol. The average Bonchev–Trinajstić information content (AvgIpc) is 2.98. The van der Waals surface area contributed by atoms with Gasteiger partial charge in [0.25, 0.3) is 0 Å². The first-order chi connectivity index (χ1) is 13.2. The van der Waals surface area contributed by atoms with Crippen LogP contribution in [0.2, 0.25) is 0 Å². The van der Waals surface area contributed by atoms with Crippen LogP contribution in [0.3, 0.4) is 0 Å². The molecule has 0 unspecified atom stereocenters. The van der Waals surface area contributed by atoms with Gasteiger partial charge in [0.15, 0.2) is 0 Å². The van der Waals surface area contributed by atoms with Crippen LogP contribution in [0, 0.1) is 11.3 Å². The molecule has 3 rings (SSSR count). The fourth-order valence-electron chi connectivity index (χ4n) is 3.29. The molecule has 1 saturated heterocycles. The maximum absolute atomic E-state index is 12.4. The first-order valence-electron chi connectivity index (χ1n) is 9.58. The van der Waals surface area contributed by atoms with Crippen LogP contribution in [0.25, 0.3) is 0 Å². The molecular weight excluding hydrogens is 336 g/mol. The van der Waals surface area contributed by atoms with E-state index in [9.17, 15) is 4.79 Å². The predicted molar refractivity (Wildman–Crippen MR) is 110 cm³/mol. The van der Waals surface area contributed by atoms with Crippen molar-refractivity contribution in [2.45, 2.75) is 38.6 Å². The molecule has 1 aliphatic rings. The van der Waals surface area contributed by atoms with Gasteiger partial charge in [-0.25, -0.2) is 0 Å². The van der Waals surface area contributed by atoms with E-state index >= 15 is 0 Å². The smallest absolute Gasteiger partial charge is 0.246 e. The van der Waals surface area contributed by atoms with Crippen LogP contribution in [-0.2, 0) is 4.79 Å². The van der Waals surface area contributed by atoms with Crippen molar-refractivity contribution in [1.29, 1.82) is 5.26 Å². The number of anilines is 3. The Balaban J connectivity index is 1.55. The number of nitriles is 1. The summed E-state index contributed by atoms with van der Waals surface area (Å²) in [6.07, 6.45) is 5.16. The lowest BCUT2D eigenvalue weighted by Crippen LogP contribution is -2.31. The summed E-state index contributed by atoms with van der Waals surface area (Å²) in [5.74, 6) is -0.115. The molecule has 1 aliphatic heterocycles. The quantitative estimate of drug-likeness (QED) is 0.828. The molecule has 0 aliphatic carbocycles. The lowest BCUT2D eigenvalue weighted by molar-refractivity contribution is -0.116. The molecule has 140 valence electrons. The number of amides is 1.